The van der Waals surface area contributed by atoms with E-state index < -0.39 is 0 Å². The minimum Gasteiger partial charge on any atom is -0.392 e. The maximum Gasteiger partial charge on any atom is 0.0684 e. The van der Waals surface area contributed by atoms with E-state index in [9.17, 15) is 5.11 Å². The molecule has 1 heterocycles. The van der Waals surface area contributed by atoms with Gasteiger partial charge in [-0.2, -0.15) is 0 Å². The molecular weight excluding hydrogens is 246 g/mol. The van der Waals surface area contributed by atoms with E-state index in [2.05, 4.69) is 55.1 Å². The van der Waals surface area contributed by atoms with Crippen molar-refractivity contribution in [2.45, 2.75) is 39.3 Å². The van der Waals surface area contributed by atoms with Gasteiger partial charge in [0.2, 0.25) is 0 Å². The van der Waals surface area contributed by atoms with E-state index >= 15 is 0 Å². The van der Waals surface area contributed by atoms with Crippen LogP contribution in [0.15, 0.2) is 42.5 Å². The highest BCUT2D eigenvalue weighted by molar-refractivity contribution is 5.69. The van der Waals surface area contributed by atoms with Gasteiger partial charge in [-0.05, 0) is 61.6 Å². The Bertz CT molecular complexity index is 621. The number of aliphatic hydroxyl groups excluding tert-OH is 1. The van der Waals surface area contributed by atoms with Crippen molar-refractivity contribution in [3.8, 4) is 0 Å². The van der Waals surface area contributed by atoms with Gasteiger partial charge in [0.05, 0.1) is 6.61 Å². The number of aryl methyl sites for hydroxylation is 2. The smallest absolute Gasteiger partial charge is 0.0684 e. The van der Waals surface area contributed by atoms with E-state index in [4.69, 9.17) is 0 Å². The number of aliphatic hydroxyl groups is 1. The Morgan fingerprint density at radius 3 is 2.75 bits per heavy atom. The highest BCUT2D eigenvalue weighted by atomic mass is 16.3. The third-order valence-electron chi connectivity index (χ3n) is 4.30. The molecule has 1 unspecified atom stereocenters. The minimum absolute atomic E-state index is 0.109. The van der Waals surface area contributed by atoms with Crippen LogP contribution in [0.1, 0.15) is 30.0 Å². The molecule has 0 aromatic heterocycles. The second-order valence-electron chi connectivity index (χ2n) is 5.66. The van der Waals surface area contributed by atoms with Gasteiger partial charge in [0.15, 0.2) is 0 Å². The minimum atomic E-state index is 0.109. The number of hydrogen-bond donors (Lipinski definition) is 1. The van der Waals surface area contributed by atoms with E-state index in [1.807, 2.05) is 6.07 Å². The topological polar surface area (TPSA) is 23.5 Å². The van der Waals surface area contributed by atoms with Crippen LogP contribution in [-0.4, -0.2) is 11.1 Å². The summed E-state index contributed by atoms with van der Waals surface area (Å²) in [5.41, 5.74) is 6.13. The van der Waals surface area contributed by atoms with Crippen molar-refractivity contribution in [1.29, 1.82) is 0 Å². The van der Waals surface area contributed by atoms with Gasteiger partial charge >= 0.3 is 0 Å². The molecule has 104 valence electrons. The van der Waals surface area contributed by atoms with Gasteiger partial charge in [-0.25, -0.2) is 0 Å². The number of fused-ring (bicyclic) bond motifs is 1. The third-order valence-corrected chi connectivity index (χ3v) is 4.30. The van der Waals surface area contributed by atoms with Crippen molar-refractivity contribution >= 4 is 11.4 Å². The molecule has 0 aliphatic carbocycles. The highest BCUT2D eigenvalue weighted by Gasteiger charge is 2.24. The molecule has 2 nitrogen and oxygen atoms in total. The van der Waals surface area contributed by atoms with Crippen LogP contribution >= 0.6 is 0 Å². The van der Waals surface area contributed by atoms with E-state index in [0.29, 0.717) is 6.04 Å². The Hall–Kier alpha value is -1.80. The molecule has 2 aromatic rings. The van der Waals surface area contributed by atoms with Crippen molar-refractivity contribution in [1.82, 2.24) is 0 Å². The van der Waals surface area contributed by atoms with Crippen LogP contribution in [-0.2, 0) is 13.0 Å². The molecule has 0 amide bonds. The fourth-order valence-electron chi connectivity index (χ4n) is 3.09. The van der Waals surface area contributed by atoms with Crippen molar-refractivity contribution in [3.05, 3.63) is 59.2 Å². The largest absolute Gasteiger partial charge is 0.392 e. The van der Waals surface area contributed by atoms with E-state index in [0.717, 1.165) is 17.5 Å². The summed E-state index contributed by atoms with van der Waals surface area (Å²) in [5, 5.41) is 9.32. The van der Waals surface area contributed by atoms with Crippen molar-refractivity contribution < 1.29 is 5.11 Å². The zero-order valence-corrected chi connectivity index (χ0v) is 12.1. The fourth-order valence-corrected chi connectivity index (χ4v) is 3.09. The van der Waals surface area contributed by atoms with Crippen LogP contribution in [0.3, 0.4) is 0 Å². The summed E-state index contributed by atoms with van der Waals surface area (Å²) in [6.07, 6.45) is 2.33. The van der Waals surface area contributed by atoms with E-state index in [1.54, 1.807) is 0 Å². The SMILES string of the molecule is Cc1cc(N2c3ccccc3CCC2C)ccc1CO. The van der Waals surface area contributed by atoms with Crippen LogP contribution in [0.2, 0.25) is 0 Å². The summed E-state index contributed by atoms with van der Waals surface area (Å²) >= 11 is 0. The second kappa shape index (κ2) is 5.29. The molecule has 0 radical (unpaired) electrons. The Morgan fingerprint density at radius 2 is 2.00 bits per heavy atom. The number of anilines is 2. The van der Waals surface area contributed by atoms with Crippen LogP contribution in [0.5, 0.6) is 0 Å². The van der Waals surface area contributed by atoms with Crippen LogP contribution < -0.4 is 4.90 Å². The van der Waals surface area contributed by atoms with Gasteiger partial charge in [-0.1, -0.05) is 24.3 Å². The lowest BCUT2D eigenvalue weighted by Gasteiger charge is -2.37. The molecule has 2 heteroatoms. The fraction of sp³-hybridized carbons (Fsp3) is 0.333. The standard InChI is InChI=1S/C18H21NO/c1-13-11-17(10-9-16(13)12-20)19-14(2)7-8-15-5-3-4-6-18(15)19/h3-6,9-11,14,20H,7-8,12H2,1-2H3. The lowest BCUT2D eigenvalue weighted by Crippen LogP contribution is -2.33. The van der Waals surface area contributed by atoms with Crippen LogP contribution in [0.4, 0.5) is 11.4 Å². The highest BCUT2D eigenvalue weighted by Crippen LogP contribution is 2.37. The first-order chi connectivity index (χ1) is 9.70. The maximum atomic E-state index is 9.32. The molecule has 2 aromatic carbocycles. The van der Waals surface area contributed by atoms with Crippen LogP contribution in [0.25, 0.3) is 0 Å². The Balaban J connectivity index is 2.07. The molecule has 1 aliphatic rings. The number of benzene rings is 2. The summed E-state index contributed by atoms with van der Waals surface area (Å²) in [4.78, 5) is 2.42. The zero-order chi connectivity index (χ0) is 14.1. The molecule has 0 spiro atoms. The summed E-state index contributed by atoms with van der Waals surface area (Å²) in [6, 6.07) is 15.5. The first-order valence-electron chi connectivity index (χ1n) is 7.28. The van der Waals surface area contributed by atoms with Gasteiger partial charge in [-0.15, -0.1) is 0 Å². The van der Waals surface area contributed by atoms with Gasteiger partial charge in [-0.3, -0.25) is 0 Å². The Kier molecular flexibility index (Phi) is 3.49. The summed E-state index contributed by atoms with van der Waals surface area (Å²) in [7, 11) is 0. The first-order valence-corrected chi connectivity index (χ1v) is 7.28. The van der Waals surface area contributed by atoms with Crippen molar-refractivity contribution in [2.75, 3.05) is 4.90 Å². The normalized spacial score (nSPS) is 17.9. The molecule has 0 fully saturated rings. The Morgan fingerprint density at radius 1 is 1.20 bits per heavy atom. The molecule has 0 saturated heterocycles. The molecular formula is C18H21NO. The average Bonchev–Trinajstić information content (AvgIpc) is 2.47. The number of rotatable bonds is 2. The van der Waals surface area contributed by atoms with Crippen molar-refractivity contribution in [3.63, 3.8) is 0 Å². The zero-order valence-electron chi connectivity index (χ0n) is 12.1. The lowest BCUT2D eigenvalue weighted by atomic mass is 9.95. The molecule has 3 rings (SSSR count). The predicted octanol–water partition coefficient (Wildman–Crippen LogP) is 3.96. The molecule has 1 aliphatic heterocycles. The van der Waals surface area contributed by atoms with Crippen LogP contribution in [0, 0.1) is 6.92 Å². The number of nitrogens with zero attached hydrogens (tertiary/aromatic N) is 1. The quantitative estimate of drug-likeness (QED) is 0.890. The van der Waals surface area contributed by atoms with Crippen molar-refractivity contribution in [2.24, 2.45) is 0 Å². The summed E-state index contributed by atoms with van der Waals surface area (Å²) < 4.78 is 0. The second-order valence-corrected chi connectivity index (χ2v) is 5.66. The summed E-state index contributed by atoms with van der Waals surface area (Å²) in [6.45, 7) is 4.46. The molecule has 0 bridgehead atoms. The predicted molar refractivity (Wildman–Crippen MR) is 83.5 cm³/mol. The number of para-hydroxylation sites is 1. The van der Waals surface area contributed by atoms with Gasteiger partial charge in [0.25, 0.3) is 0 Å². The molecule has 20 heavy (non-hydrogen) atoms. The van der Waals surface area contributed by atoms with Gasteiger partial charge < -0.3 is 10.0 Å². The lowest BCUT2D eigenvalue weighted by molar-refractivity contribution is 0.281. The third kappa shape index (κ3) is 2.20. The van der Waals surface area contributed by atoms with Gasteiger partial charge in [0.1, 0.15) is 0 Å². The molecule has 1 N–H and O–H groups in total. The van der Waals surface area contributed by atoms with Gasteiger partial charge in [0, 0.05) is 17.4 Å². The monoisotopic (exact) mass is 267 g/mol. The van der Waals surface area contributed by atoms with E-state index in [-0.39, 0.29) is 6.61 Å². The molecule has 1 atom stereocenters. The number of hydrogen-bond acceptors (Lipinski definition) is 2. The summed E-state index contributed by atoms with van der Waals surface area (Å²) in [5.74, 6) is 0. The van der Waals surface area contributed by atoms with E-state index in [1.165, 1.54) is 23.4 Å². The Labute approximate surface area is 120 Å². The average molecular weight is 267 g/mol. The first kappa shape index (κ1) is 13.2. The molecule has 0 saturated carbocycles. The maximum absolute atomic E-state index is 9.32.